The van der Waals surface area contributed by atoms with Crippen molar-refractivity contribution in [3.8, 4) is 5.88 Å². The van der Waals surface area contributed by atoms with E-state index in [1.54, 1.807) is 31.6 Å². The number of hydrogen-bond donors (Lipinski definition) is 2. The number of ether oxygens (including phenoxy) is 1. The average molecular weight is 345 g/mol. The highest BCUT2D eigenvalue weighted by molar-refractivity contribution is 5.74. The van der Waals surface area contributed by atoms with E-state index in [9.17, 15) is 9.18 Å². The van der Waals surface area contributed by atoms with Gasteiger partial charge in [0.05, 0.1) is 7.11 Å². The lowest BCUT2D eigenvalue weighted by molar-refractivity contribution is 0.237. The van der Waals surface area contributed by atoms with Crippen molar-refractivity contribution in [1.29, 1.82) is 0 Å². The number of hydrogen-bond acceptors (Lipinski definition) is 5. The number of nitrogens with zero attached hydrogens (tertiary/aromatic N) is 3. The van der Waals surface area contributed by atoms with Crippen LogP contribution < -0.4 is 20.3 Å². The highest BCUT2D eigenvalue weighted by atomic mass is 19.1. The molecule has 1 aliphatic heterocycles. The van der Waals surface area contributed by atoms with Crippen molar-refractivity contribution >= 4 is 11.8 Å². The van der Waals surface area contributed by atoms with Crippen LogP contribution in [0.2, 0.25) is 0 Å². The molecule has 0 radical (unpaired) electrons. The molecule has 132 valence electrons. The predicted octanol–water partition coefficient (Wildman–Crippen LogP) is 1.70. The van der Waals surface area contributed by atoms with Crippen LogP contribution in [-0.2, 0) is 6.54 Å². The van der Waals surface area contributed by atoms with E-state index in [1.165, 1.54) is 12.1 Å². The van der Waals surface area contributed by atoms with Crippen LogP contribution in [0.3, 0.4) is 0 Å². The van der Waals surface area contributed by atoms with Gasteiger partial charge in [0, 0.05) is 38.1 Å². The summed E-state index contributed by atoms with van der Waals surface area (Å²) in [5.41, 5.74) is 0.715. The summed E-state index contributed by atoms with van der Waals surface area (Å²) in [6, 6.07) is 5.88. The topological polar surface area (TPSA) is 79.4 Å². The molecule has 1 fully saturated rings. The van der Waals surface area contributed by atoms with Gasteiger partial charge in [0.2, 0.25) is 0 Å². The number of anilines is 1. The Bertz CT molecular complexity index is 742. The Morgan fingerprint density at radius 1 is 1.40 bits per heavy atom. The van der Waals surface area contributed by atoms with Gasteiger partial charge >= 0.3 is 6.03 Å². The summed E-state index contributed by atoms with van der Waals surface area (Å²) < 4.78 is 18.4. The summed E-state index contributed by atoms with van der Waals surface area (Å²) in [5.74, 6) is 0.831. The molecule has 2 heterocycles. The van der Waals surface area contributed by atoms with Crippen molar-refractivity contribution in [2.75, 3.05) is 25.1 Å². The molecule has 3 rings (SSSR count). The SMILES string of the molecule is COc1nccnc1N1CCC(NC(=O)NCc2cccc(F)c2)C1. The quantitative estimate of drug-likeness (QED) is 0.862. The Hall–Kier alpha value is -2.90. The van der Waals surface area contributed by atoms with Gasteiger partial charge in [0.1, 0.15) is 5.82 Å². The van der Waals surface area contributed by atoms with E-state index < -0.39 is 0 Å². The first-order chi connectivity index (χ1) is 12.2. The molecule has 0 spiro atoms. The standard InChI is InChI=1S/C17H20FN5O2/c1-25-16-15(19-6-7-20-16)23-8-5-14(11-23)22-17(24)21-10-12-3-2-4-13(18)9-12/h2-4,6-7,9,14H,5,8,10-11H2,1H3,(H2,21,22,24). The lowest BCUT2D eigenvalue weighted by Crippen LogP contribution is -2.43. The first kappa shape index (κ1) is 16.9. The number of halogens is 1. The second kappa shape index (κ2) is 7.78. The van der Waals surface area contributed by atoms with Crippen LogP contribution in [0.25, 0.3) is 0 Å². The van der Waals surface area contributed by atoms with Crippen molar-refractivity contribution < 1.29 is 13.9 Å². The Morgan fingerprint density at radius 2 is 2.24 bits per heavy atom. The minimum atomic E-state index is -0.316. The van der Waals surface area contributed by atoms with Gasteiger partial charge < -0.3 is 20.3 Å². The van der Waals surface area contributed by atoms with Gasteiger partial charge in [-0.1, -0.05) is 12.1 Å². The van der Waals surface area contributed by atoms with Crippen molar-refractivity contribution in [2.24, 2.45) is 0 Å². The van der Waals surface area contributed by atoms with Crippen LogP contribution in [0.1, 0.15) is 12.0 Å². The lowest BCUT2D eigenvalue weighted by atomic mass is 10.2. The molecular weight excluding hydrogens is 325 g/mol. The van der Waals surface area contributed by atoms with Crippen LogP contribution in [-0.4, -0.2) is 42.2 Å². The monoisotopic (exact) mass is 345 g/mol. The molecule has 25 heavy (non-hydrogen) atoms. The van der Waals surface area contributed by atoms with Crippen molar-refractivity contribution in [3.63, 3.8) is 0 Å². The summed E-state index contributed by atoms with van der Waals surface area (Å²) in [6.45, 7) is 1.66. The highest BCUT2D eigenvalue weighted by Gasteiger charge is 2.27. The maximum atomic E-state index is 13.1. The number of carbonyl (C=O) groups is 1. The second-order valence-electron chi connectivity index (χ2n) is 5.78. The molecule has 7 nitrogen and oxygen atoms in total. The van der Waals surface area contributed by atoms with E-state index in [1.807, 2.05) is 4.90 Å². The van der Waals surface area contributed by atoms with Crippen LogP contribution in [0.4, 0.5) is 15.0 Å². The van der Waals surface area contributed by atoms with E-state index in [-0.39, 0.29) is 24.4 Å². The third kappa shape index (κ3) is 4.34. The van der Waals surface area contributed by atoms with E-state index in [4.69, 9.17) is 4.74 Å². The Balaban J connectivity index is 1.50. The zero-order valence-corrected chi connectivity index (χ0v) is 13.9. The molecule has 1 aromatic heterocycles. The largest absolute Gasteiger partial charge is 0.478 e. The number of rotatable bonds is 5. The summed E-state index contributed by atoms with van der Waals surface area (Å²) in [7, 11) is 1.55. The Morgan fingerprint density at radius 3 is 3.04 bits per heavy atom. The molecule has 1 saturated heterocycles. The number of nitrogens with one attached hydrogen (secondary N) is 2. The fraction of sp³-hybridized carbons (Fsp3) is 0.353. The fourth-order valence-electron chi connectivity index (χ4n) is 2.81. The van der Waals surface area contributed by atoms with Crippen molar-refractivity contribution in [2.45, 2.75) is 19.0 Å². The molecule has 0 aliphatic carbocycles. The Kier molecular flexibility index (Phi) is 5.27. The lowest BCUT2D eigenvalue weighted by Gasteiger charge is -2.19. The van der Waals surface area contributed by atoms with Crippen LogP contribution >= 0.6 is 0 Å². The third-order valence-corrected chi connectivity index (χ3v) is 4.01. The van der Waals surface area contributed by atoms with Gasteiger partial charge in [-0.05, 0) is 24.1 Å². The number of amides is 2. The average Bonchev–Trinajstić information content (AvgIpc) is 3.08. The smallest absolute Gasteiger partial charge is 0.315 e. The molecule has 1 aromatic carbocycles. The minimum Gasteiger partial charge on any atom is -0.478 e. The zero-order valence-electron chi connectivity index (χ0n) is 13.9. The van der Waals surface area contributed by atoms with E-state index in [2.05, 4.69) is 20.6 Å². The molecule has 1 atom stereocenters. The predicted molar refractivity (Wildman–Crippen MR) is 91.0 cm³/mol. The van der Waals surface area contributed by atoms with Crippen molar-refractivity contribution in [1.82, 2.24) is 20.6 Å². The summed E-state index contributed by atoms with van der Waals surface area (Å²) in [6.07, 6.45) is 3.99. The summed E-state index contributed by atoms with van der Waals surface area (Å²) in [5, 5.41) is 5.67. The zero-order chi connectivity index (χ0) is 17.6. The van der Waals surface area contributed by atoms with Gasteiger partial charge in [-0.3, -0.25) is 0 Å². The maximum Gasteiger partial charge on any atom is 0.315 e. The molecule has 1 aliphatic rings. The molecular formula is C17H20FN5O2. The van der Waals surface area contributed by atoms with E-state index in [0.29, 0.717) is 23.8 Å². The number of urea groups is 1. The number of methoxy groups -OCH3 is 1. The van der Waals surface area contributed by atoms with Gasteiger partial charge in [-0.25, -0.2) is 19.2 Å². The van der Waals surface area contributed by atoms with Crippen molar-refractivity contribution in [3.05, 3.63) is 48.0 Å². The molecule has 2 N–H and O–H groups in total. The van der Waals surface area contributed by atoms with Gasteiger partial charge in [0.15, 0.2) is 5.82 Å². The number of benzene rings is 1. The third-order valence-electron chi connectivity index (χ3n) is 4.01. The fourth-order valence-corrected chi connectivity index (χ4v) is 2.81. The number of carbonyl (C=O) groups excluding carboxylic acids is 1. The summed E-state index contributed by atoms with van der Waals surface area (Å²) in [4.78, 5) is 22.5. The van der Waals surface area contributed by atoms with Crippen LogP contribution in [0.5, 0.6) is 5.88 Å². The second-order valence-corrected chi connectivity index (χ2v) is 5.78. The van der Waals surface area contributed by atoms with Crippen LogP contribution in [0.15, 0.2) is 36.7 Å². The minimum absolute atomic E-state index is 0.000721. The molecule has 2 aromatic rings. The van der Waals surface area contributed by atoms with E-state index >= 15 is 0 Å². The van der Waals surface area contributed by atoms with E-state index in [0.717, 1.165) is 13.0 Å². The first-order valence-electron chi connectivity index (χ1n) is 8.04. The molecule has 1 unspecified atom stereocenters. The highest BCUT2D eigenvalue weighted by Crippen LogP contribution is 2.25. The van der Waals surface area contributed by atoms with Crippen LogP contribution in [0, 0.1) is 5.82 Å². The summed E-state index contributed by atoms with van der Waals surface area (Å²) >= 11 is 0. The molecule has 0 saturated carbocycles. The normalized spacial score (nSPS) is 16.6. The molecule has 2 amide bonds. The van der Waals surface area contributed by atoms with Gasteiger partial charge in [0.25, 0.3) is 5.88 Å². The maximum absolute atomic E-state index is 13.1. The number of aromatic nitrogens is 2. The van der Waals surface area contributed by atoms with Gasteiger partial charge in [-0.15, -0.1) is 0 Å². The molecule has 8 heteroatoms. The molecule has 0 bridgehead atoms. The first-order valence-corrected chi connectivity index (χ1v) is 8.04. The Labute approximate surface area is 145 Å². The van der Waals surface area contributed by atoms with Gasteiger partial charge in [-0.2, -0.15) is 0 Å².